The summed E-state index contributed by atoms with van der Waals surface area (Å²) >= 11 is 0. The Hall–Kier alpha value is -1.83. The molecule has 2 nitrogen and oxygen atoms in total. The average molecular weight is 215 g/mol. The van der Waals surface area contributed by atoms with E-state index in [0.717, 1.165) is 5.56 Å². The van der Waals surface area contributed by atoms with Gasteiger partial charge in [-0.15, -0.1) is 6.58 Å². The summed E-state index contributed by atoms with van der Waals surface area (Å²) in [6, 6.07) is 10.0. The van der Waals surface area contributed by atoms with E-state index in [-0.39, 0.29) is 5.91 Å². The molecule has 0 spiro atoms. The van der Waals surface area contributed by atoms with Gasteiger partial charge >= 0.3 is 0 Å². The second-order valence-electron chi connectivity index (χ2n) is 3.53. The van der Waals surface area contributed by atoms with Crippen molar-refractivity contribution in [3.8, 4) is 0 Å². The molecule has 84 valence electrons. The first-order valence-corrected chi connectivity index (χ1v) is 5.32. The van der Waals surface area contributed by atoms with E-state index in [1.165, 1.54) is 0 Å². The van der Waals surface area contributed by atoms with E-state index in [4.69, 9.17) is 0 Å². The zero-order chi connectivity index (χ0) is 11.8. The fourth-order valence-electron chi connectivity index (χ4n) is 1.37. The third kappa shape index (κ3) is 4.13. The van der Waals surface area contributed by atoms with E-state index >= 15 is 0 Å². The maximum atomic E-state index is 11.2. The average Bonchev–Trinajstić information content (AvgIpc) is 2.29. The standard InChI is InChI=1S/C14H17NO/c1-3-11-15(13(2)16)12-7-10-14-8-5-4-6-9-14/h3-10H,1,11-12H2,2H3/b10-7+. The highest BCUT2D eigenvalue weighted by Crippen LogP contribution is 2.01. The van der Waals surface area contributed by atoms with Gasteiger partial charge in [-0.2, -0.15) is 0 Å². The van der Waals surface area contributed by atoms with Gasteiger partial charge in [-0.3, -0.25) is 4.79 Å². The summed E-state index contributed by atoms with van der Waals surface area (Å²) in [6.07, 6.45) is 5.73. The monoisotopic (exact) mass is 215 g/mol. The second-order valence-corrected chi connectivity index (χ2v) is 3.53. The van der Waals surface area contributed by atoms with Gasteiger partial charge in [0.25, 0.3) is 0 Å². The van der Waals surface area contributed by atoms with Crippen LogP contribution in [0.15, 0.2) is 49.1 Å². The van der Waals surface area contributed by atoms with Crippen LogP contribution in [0.1, 0.15) is 12.5 Å². The van der Waals surface area contributed by atoms with E-state index in [1.807, 2.05) is 42.5 Å². The molecule has 0 saturated carbocycles. The van der Waals surface area contributed by atoms with E-state index < -0.39 is 0 Å². The van der Waals surface area contributed by atoms with E-state index in [9.17, 15) is 4.79 Å². The largest absolute Gasteiger partial charge is 0.335 e. The first-order valence-electron chi connectivity index (χ1n) is 5.32. The Kier molecular flexibility index (Phi) is 5.06. The topological polar surface area (TPSA) is 20.3 Å². The number of rotatable bonds is 5. The Balaban J connectivity index is 2.52. The lowest BCUT2D eigenvalue weighted by atomic mass is 10.2. The Morgan fingerprint density at radius 2 is 2.00 bits per heavy atom. The predicted octanol–water partition coefficient (Wildman–Crippen LogP) is 2.73. The van der Waals surface area contributed by atoms with Crippen LogP contribution in [0.25, 0.3) is 6.08 Å². The van der Waals surface area contributed by atoms with Crippen molar-refractivity contribution in [2.75, 3.05) is 13.1 Å². The number of benzene rings is 1. The van der Waals surface area contributed by atoms with Crippen LogP contribution >= 0.6 is 0 Å². The van der Waals surface area contributed by atoms with E-state index in [2.05, 4.69) is 6.58 Å². The quantitative estimate of drug-likeness (QED) is 0.692. The highest BCUT2D eigenvalue weighted by Gasteiger charge is 2.02. The summed E-state index contributed by atoms with van der Waals surface area (Å²) in [5.41, 5.74) is 1.14. The molecule has 0 radical (unpaired) electrons. The number of hydrogen-bond acceptors (Lipinski definition) is 1. The van der Waals surface area contributed by atoms with Crippen LogP contribution < -0.4 is 0 Å². The van der Waals surface area contributed by atoms with E-state index in [1.54, 1.807) is 17.9 Å². The van der Waals surface area contributed by atoms with Crippen LogP contribution in [-0.2, 0) is 4.79 Å². The number of carbonyl (C=O) groups excluding carboxylic acids is 1. The van der Waals surface area contributed by atoms with Gasteiger partial charge < -0.3 is 4.90 Å². The highest BCUT2D eigenvalue weighted by atomic mass is 16.2. The Morgan fingerprint density at radius 3 is 2.56 bits per heavy atom. The molecule has 0 aliphatic rings. The van der Waals surface area contributed by atoms with Crippen molar-refractivity contribution in [2.24, 2.45) is 0 Å². The molecule has 1 amide bonds. The van der Waals surface area contributed by atoms with E-state index in [0.29, 0.717) is 13.1 Å². The molecule has 1 rings (SSSR count). The van der Waals surface area contributed by atoms with Gasteiger partial charge in [0, 0.05) is 20.0 Å². The van der Waals surface area contributed by atoms with Crippen LogP contribution in [0.3, 0.4) is 0 Å². The molecule has 0 unspecified atom stereocenters. The van der Waals surface area contributed by atoms with Crippen molar-refractivity contribution >= 4 is 12.0 Å². The van der Waals surface area contributed by atoms with Gasteiger partial charge in [0.05, 0.1) is 0 Å². The normalized spacial score (nSPS) is 10.3. The van der Waals surface area contributed by atoms with Crippen LogP contribution in [0.5, 0.6) is 0 Å². The van der Waals surface area contributed by atoms with Crippen molar-refractivity contribution in [3.05, 3.63) is 54.6 Å². The molecule has 2 heteroatoms. The van der Waals surface area contributed by atoms with Gasteiger partial charge in [0.1, 0.15) is 0 Å². The number of nitrogens with zero attached hydrogens (tertiary/aromatic N) is 1. The molecule has 16 heavy (non-hydrogen) atoms. The van der Waals surface area contributed by atoms with Crippen molar-refractivity contribution < 1.29 is 4.79 Å². The molecule has 0 aliphatic heterocycles. The van der Waals surface area contributed by atoms with Crippen molar-refractivity contribution in [3.63, 3.8) is 0 Å². The fourth-order valence-corrected chi connectivity index (χ4v) is 1.37. The second kappa shape index (κ2) is 6.62. The molecule has 0 aromatic heterocycles. The lowest BCUT2D eigenvalue weighted by molar-refractivity contribution is -0.127. The fraction of sp³-hybridized carbons (Fsp3) is 0.214. The summed E-state index contributed by atoms with van der Waals surface area (Å²) in [7, 11) is 0. The minimum Gasteiger partial charge on any atom is -0.335 e. The molecular weight excluding hydrogens is 198 g/mol. The number of hydrogen-bond donors (Lipinski definition) is 0. The van der Waals surface area contributed by atoms with Crippen molar-refractivity contribution in [1.29, 1.82) is 0 Å². The summed E-state index contributed by atoms with van der Waals surface area (Å²) in [4.78, 5) is 12.9. The molecule has 0 bridgehead atoms. The minimum atomic E-state index is 0.0672. The van der Waals surface area contributed by atoms with Gasteiger partial charge in [0.15, 0.2) is 0 Å². The lowest BCUT2D eigenvalue weighted by Gasteiger charge is -2.16. The highest BCUT2D eigenvalue weighted by molar-refractivity contribution is 5.73. The number of carbonyl (C=O) groups is 1. The first kappa shape index (κ1) is 12.2. The first-order chi connectivity index (χ1) is 7.74. The third-order valence-corrected chi connectivity index (χ3v) is 2.23. The molecule has 0 N–H and O–H groups in total. The van der Waals surface area contributed by atoms with Crippen LogP contribution in [-0.4, -0.2) is 23.9 Å². The minimum absolute atomic E-state index is 0.0672. The van der Waals surface area contributed by atoms with Crippen LogP contribution in [0, 0.1) is 0 Å². The zero-order valence-electron chi connectivity index (χ0n) is 9.60. The maximum Gasteiger partial charge on any atom is 0.220 e. The molecule has 0 heterocycles. The molecule has 0 aliphatic carbocycles. The maximum absolute atomic E-state index is 11.2. The molecule has 0 fully saturated rings. The van der Waals surface area contributed by atoms with Crippen LogP contribution in [0.2, 0.25) is 0 Å². The molecule has 1 aromatic carbocycles. The predicted molar refractivity (Wildman–Crippen MR) is 67.9 cm³/mol. The third-order valence-electron chi connectivity index (χ3n) is 2.23. The van der Waals surface area contributed by atoms with Gasteiger partial charge in [0.2, 0.25) is 5.91 Å². The molecular formula is C14H17NO. The molecule has 0 saturated heterocycles. The number of amides is 1. The van der Waals surface area contributed by atoms with Crippen molar-refractivity contribution in [2.45, 2.75) is 6.92 Å². The Bertz CT molecular complexity index is 368. The Morgan fingerprint density at radius 1 is 1.31 bits per heavy atom. The summed E-state index contributed by atoms with van der Waals surface area (Å²) < 4.78 is 0. The zero-order valence-corrected chi connectivity index (χ0v) is 9.60. The summed E-state index contributed by atoms with van der Waals surface area (Å²) in [6.45, 7) is 6.41. The van der Waals surface area contributed by atoms with Gasteiger partial charge in [-0.1, -0.05) is 48.6 Å². The lowest BCUT2D eigenvalue weighted by Crippen LogP contribution is -2.28. The molecule has 1 aromatic rings. The summed E-state index contributed by atoms with van der Waals surface area (Å²) in [5.74, 6) is 0.0672. The molecule has 0 atom stereocenters. The van der Waals surface area contributed by atoms with Crippen LogP contribution in [0.4, 0.5) is 0 Å². The van der Waals surface area contributed by atoms with Crippen molar-refractivity contribution in [1.82, 2.24) is 4.90 Å². The van der Waals surface area contributed by atoms with Gasteiger partial charge in [-0.25, -0.2) is 0 Å². The SMILES string of the molecule is C=CCN(C/C=C/c1ccccc1)C(C)=O. The summed E-state index contributed by atoms with van der Waals surface area (Å²) in [5, 5.41) is 0. The van der Waals surface area contributed by atoms with Gasteiger partial charge in [-0.05, 0) is 5.56 Å². The smallest absolute Gasteiger partial charge is 0.220 e. The Labute approximate surface area is 96.9 Å².